The van der Waals surface area contributed by atoms with Gasteiger partial charge in [0.25, 0.3) is 0 Å². The summed E-state index contributed by atoms with van der Waals surface area (Å²) in [5, 5.41) is 39.1. The first-order valence-corrected chi connectivity index (χ1v) is 5.91. The van der Waals surface area contributed by atoms with E-state index in [9.17, 15) is 29.9 Å². The number of benzene rings is 2. The quantitative estimate of drug-likeness (QED) is 0.445. The molecule has 0 saturated heterocycles. The molecule has 0 bridgehead atoms. The summed E-state index contributed by atoms with van der Waals surface area (Å²) in [5.41, 5.74) is -2.02. The summed E-state index contributed by atoms with van der Waals surface area (Å²) in [4.78, 5) is 33.2. The molecule has 112 valence electrons. The second kappa shape index (κ2) is 5.52. The molecule has 0 amide bonds. The highest BCUT2D eigenvalue weighted by molar-refractivity contribution is 6.16. The second-order valence-electron chi connectivity index (χ2n) is 4.27. The zero-order chi connectivity index (χ0) is 16.4. The monoisotopic (exact) mass is 303 g/mol. The van der Waals surface area contributed by atoms with Gasteiger partial charge in [0.15, 0.2) is 11.5 Å². The van der Waals surface area contributed by atoms with Crippen molar-refractivity contribution in [2.24, 2.45) is 0 Å². The van der Waals surface area contributed by atoms with Crippen LogP contribution in [-0.4, -0.2) is 32.0 Å². The van der Waals surface area contributed by atoms with Crippen LogP contribution in [-0.2, 0) is 0 Å². The van der Waals surface area contributed by atoms with Gasteiger partial charge in [0, 0.05) is 5.56 Å². The summed E-state index contributed by atoms with van der Waals surface area (Å²) in [6, 6.07) is 7.13. The number of nitrogens with zero attached hydrogens (tertiary/aromatic N) is 1. The smallest absolute Gasteiger partial charge is 0.352 e. The largest absolute Gasteiger partial charge is 0.502 e. The maximum absolute atomic E-state index is 12.4. The van der Waals surface area contributed by atoms with E-state index in [4.69, 9.17) is 5.11 Å². The molecule has 0 unspecified atom stereocenters. The predicted octanol–water partition coefficient (Wildman–Crippen LogP) is 1.94. The zero-order valence-electron chi connectivity index (χ0n) is 10.9. The Hall–Kier alpha value is -3.42. The van der Waals surface area contributed by atoms with Crippen LogP contribution >= 0.6 is 0 Å². The van der Waals surface area contributed by atoms with E-state index < -0.39 is 39.4 Å². The Morgan fingerprint density at radius 1 is 0.955 bits per heavy atom. The Balaban J connectivity index is 2.64. The van der Waals surface area contributed by atoms with Crippen LogP contribution in [0.5, 0.6) is 11.5 Å². The highest BCUT2D eigenvalue weighted by Crippen LogP contribution is 2.38. The number of phenolic OH excluding ortho intramolecular Hbond substituents is 2. The van der Waals surface area contributed by atoms with Gasteiger partial charge in [-0.15, -0.1) is 0 Å². The fourth-order valence-electron chi connectivity index (χ4n) is 1.94. The number of aromatic hydroxyl groups is 2. The van der Waals surface area contributed by atoms with Crippen molar-refractivity contribution in [3.63, 3.8) is 0 Å². The molecule has 0 atom stereocenters. The van der Waals surface area contributed by atoms with Gasteiger partial charge in [-0.3, -0.25) is 14.9 Å². The predicted molar refractivity (Wildman–Crippen MR) is 73.3 cm³/mol. The standard InChI is InChI=1S/C14H9NO7/c16-10-6-5-9(13(18)11(10)15(21)22)12(17)7-3-1-2-4-8(7)14(19)20/h1-6,16,18H,(H,19,20). The van der Waals surface area contributed by atoms with Crippen LogP contribution in [0.2, 0.25) is 0 Å². The molecule has 0 spiro atoms. The van der Waals surface area contributed by atoms with Gasteiger partial charge in [-0.05, 0) is 18.2 Å². The molecule has 8 heteroatoms. The number of rotatable bonds is 4. The molecule has 0 aliphatic heterocycles. The molecule has 2 rings (SSSR count). The molecule has 8 nitrogen and oxygen atoms in total. The third-order valence-corrected chi connectivity index (χ3v) is 2.96. The number of carbonyl (C=O) groups excluding carboxylic acids is 1. The molecule has 2 aromatic rings. The Labute approximate surface area is 123 Å². The number of phenols is 2. The summed E-state index contributed by atoms with van der Waals surface area (Å²) >= 11 is 0. The minimum absolute atomic E-state index is 0.231. The Morgan fingerprint density at radius 2 is 1.55 bits per heavy atom. The van der Waals surface area contributed by atoms with Gasteiger partial charge in [0.05, 0.1) is 16.1 Å². The van der Waals surface area contributed by atoms with Gasteiger partial charge in [-0.2, -0.15) is 0 Å². The van der Waals surface area contributed by atoms with Crippen LogP contribution in [0, 0.1) is 10.1 Å². The number of carboxylic acid groups (broad SMARTS) is 1. The summed E-state index contributed by atoms with van der Waals surface area (Å²) in [7, 11) is 0. The molecular weight excluding hydrogens is 294 g/mol. The van der Waals surface area contributed by atoms with Crippen LogP contribution in [0.3, 0.4) is 0 Å². The maximum Gasteiger partial charge on any atom is 0.352 e. The number of hydrogen-bond acceptors (Lipinski definition) is 6. The van der Waals surface area contributed by atoms with Crippen molar-refractivity contribution in [3.05, 3.63) is 63.2 Å². The summed E-state index contributed by atoms with van der Waals surface area (Å²) < 4.78 is 0. The van der Waals surface area contributed by atoms with Crippen molar-refractivity contribution in [1.29, 1.82) is 0 Å². The number of nitro groups is 1. The average molecular weight is 303 g/mol. The van der Waals surface area contributed by atoms with Crippen LogP contribution in [0.25, 0.3) is 0 Å². The van der Waals surface area contributed by atoms with E-state index in [0.29, 0.717) is 0 Å². The fourth-order valence-corrected chi connectivity index (χ4v) is 1.94. The van der Waals surface area contributed by atoms with E-state index in [1.807, 2.05) is 0 Å². The first-order chi connectivity index (χ1) is 10.3. The van der Waals surface area contributed by atoms with Crippen LogP contribution in [0.15, 0.2) is 36.4 Å². The second-order valence-corrected chi connectivity index (χ2v) is 4.27. The highest BCUT2D eigenvalue weighted by Gasteiger charge is 2.28. The molecule has 0 fully saturated rings. The first-order valence-electron chi connectivity index (χ1n) is 5.91. The molecule has 0 aliphatic carbocycles. The molecule has 2 aromatic carbocycles. The lowest BCUT2D eigenvalue weighted by molar-refractivity contribution is -0.386. The van der Waals surface area contributed by atoms with Crippen molar-refractivity contribution in [3.8, 4) is 11.5 Å². The number of aromatic carboxylic acids is 1. The number of carboxylic acids is 1. The number of hydrogen-bond donors (Lipinski definition) is 3. The summed E-state index contributed by atoms with van der Waals surface area (Å²) in [6.45, 7) is 0. The van der Waals surface area contributed by atoms with Gasteiger partial charge < -0.3 is 15.3 Å². The van der Waals surface area contributed by atoms with Gasteiger partial charge in [0.1, 0.15) is 0 Å². The van der Waals surface area contributed by atoms with E-state index in [1.54, 1.807) is 0 Å². The fraction of sp³-hybridized carbons (Fsp3) is 0. The van der Waals surface area contributed by atoms with Gasteiger partial charge in [0.2, 0.25) is 5.75 Å². The molecule has 0 aromatic heterocycles. The SMILES string of the molecule is O=C(O)c1ccccc1C(=O)c1ccc(O)c([N+](=O)[O-])c1O. The Bertz CT molecular complexity index is 798. The lowest BCUT2D eigenvalue weighted by Crippen LogP contribution is -2.10. The van der Waals surface area contributed by atoms with Crippen molar-refractivity contribution >= 4 is 17.4 Å². The lowest BCUT2D eigenvalue weighted by atomic mass is 9.97. The van der Waals surface area contributed by atoms with Gasteiger partial charge in [-0.1, -0.05) is 18.2 Å². The van der Waals surface area contributed by atoms with Crippen LogP contribution in [0.4, 0.5) is 5.69 Å². The number of carbonyl (C=O) groups is 2. The van der Waals surface area contributed by atoms with E-state index in [2.05, 4.69) is 0 Å². The third-order valence-electron chi connectivity index (χ3n) is 2.96. The molecule has 0 aliphatic rings. The minimum Gasteiger partial charge on any atom is -0.502 e. The molecule has 0 heterocycles. The van der Waals surface area contributed by atoms with E-state index >= 15 is 0 Å². The van der Waals surface area contributed by atoms with Crippen molar-refractivity contribution in [2.75, 3.05) is 0 Å². The van der Waals surface area contributed by atoms with Crippen LogP contribution in [0.1, 0.15) is 26.3 Å². The number of ketones is 1. The lowest BCUT2D eigenvalue weighted by Gasteiger charge is -2.07. The molecule has 3 N–H and O–H groups in total. The van der Waals surface area contributed by atoms with Crippen molar-refractivity contribution in [2.45, 2.75) is 0 Å². The third kappa shape index (κ3) is 2.44. The highest BCUT2D eigenvalue weighted by atomic mass is 16.6. The van der Waals surface area contributed by atoms with E-state index in [1.165, 1.54) is 24.3 Å². The van der Waals surface area contributed by atoms with E-state index in [-0.39, 0.29) is 11.1 Å². The Kier molecular flexibility index (Phi) is 3.76. The van der Waals surface area contributed by atoms with Crippen molar-refractivity contribution in [1.82, 2.24) is 0 Å². The average Bonchev–Trinajstić information content (AvgIpc) is 2.46. The Morgan fingerprint density at radius 3 is 2.09 bits per heavy atom. The first kappa shape index (κ1) is 15.0. The minimum atomic E-state index is -1.35. The maximum atomic E-state index is 12.4. The molecule has 0 saturated carbocycles. The summed E-state index contributed by atoms with van der Waals surface area (Å²) in [6.07, 6.45) is 0. The molecular formula is C14H9NO7. The molecule has 22 heavy (non-hydrogen) atoms. The normalized spacial score (nSPS) is 10.2. The molecule has 0 radical (unpaired) electrons. The zero-order valence-corrected chi connectivity index (χ0v) is 10.9. The summed E-state index contributed by atoms with van der Waals surface area (Å²) in [5.74, 6) is -4.07. The van der Waals surface area contributed by atoms with E-state index in [0.717, 1.165) is 12.1 Å². The van der Waals surface area contributed by atoms with Gasteiger partial charge in [-0.25, -0.2) is 4.79 Å². The number of nitro benzene ring substituents is 1. The topological polar surface area (TPSA) is 138 Å². The van der Waals surface area contributed by atoms with Crippen molar-refractivity contribution < 1.29 is 29.8 Å². The van der Waals surface area contributed by atoms with Gasteiger partial charge >= 0.3 is 11.7 Å². The van der Waals surface area contributed by atoms with Crippen LogP contribution < -0.4 is 0 Å².